The Hall–Kier alpha value is 0.0500. The molecule has 0 aliphatic heterocycles. The Labute approximate surface area is 107 Å². The monoisotopic (exact) mass is 282 g/mol. The minimum atomic E-state index is -0.963. The first kappa shape index (κ1) is 11.5. The van der Waals surface area contributed by atoms with Crippen molar-refractivity contribution in [3.05, 3.63) is 33.8 Å². The van der Waals surface area contributed by atoms with Crippen LogP contribution < -0.4 is 0 Å². The van der Waals surface area contributed by atoms with Crippen molar-refractivity contribution >= 4 is 51.6 Å². The maximum atomic E-state index is 11.0. The van der Waals surface area contributed by atoms with Gasteiger partial charge in [-0.25, -0.2) is 0 Å². The molecule has 1 nitrogen and oxygen atoms in total. The summed E-state index contributed by atoms with van der Waals surface area (Å²) in [5.41, 5.74) is 0.858. The molecule has 5 heteroatoms. The quantitative estimate of drug-likeness (QED) is 0.587. The summed E-state index contributed by atoms with van der Waals surface area (Å²) < 4.78 is 0. The number of benzene rings is 1. The molecule has 1 aromatic carbocycles. The van der Waals surface area contributed by atoms with Gasteiger partial charge in [0.15, 0.2) is 0 Å². The molecule has 0 aromatic heterocycles. The number of carbonyl (C=O) groups excluding carboxylic acids is 1. The van der Waals surface area contributed by atoms with E-state index in [2.05, 4.69) is 0 Å². The topological polar surface area (TPSA) is 17.1 Å². The number of hydrogen-bond acceptors (Lipinski definition) is 1. The fourth-order valence-electron chi connectivity index (χ4n) is 1.61. The largest absolute Gasteiger partial charge is 0.279 e. The maximum absolute atomic E-state index is 11.0. The zero-order chi connectivity index (χ0) is 11.2. The summed E-state index contributed by atoms with van der Waals surface area (Å²) in [5.74, 6) is -0.0830. The highest BCUT2D eigenvalue weighted by Gasteiger charge is 2.59. The molecule has 0 N–H and O–H groups in total. The van der Waals surface area contributed by atoms with Crippen molar-refractivity contribution in [1.82, 2.24) is 0 Å². The van der Waals surface area contributed by atoms with Crippen LogP contribution in [0.15, 0.2) is 18.2 Å². The van der Waals surface area contributed by atoms with E-state index in [9.17, 15) is 4.79 Å². The Morgan fingerprint density at radius 2 is 1.80 bits per heavy atom. The minimum absolute atomic E-state index is 0.0830. The summed E-state index contributed by atoms with van der Waals surface area (Å²) in [7, 11) is 0. The van der Waals surface area contributed by atoms with Gasteiger partial charge >= 0.3 is 0 Å². The van der Waals surface area contributed by atoms with Crippen molar-refractivity contribution in [3.63, 3.8) is 0 Å². The van der Waals surface area contributed by atoms with E-state index in [0.29, 0.717) is 16.5 Å². The third-order valence-corrected chi connectivity index (χ3v) is 3.97. The van der Waals surface area contributed by atoms with Crippen LogP contribution in [0.4, 0.5) is 0 Å². The van der Waals surface area contributed by atoms with Gasteiger partial charge in [-0.3, -0.25) is 4.79 Å². The van der Waals surface area contributed by atoms with Crippen molar-refractivity contribution < 1.29 is 4.79 Å². The van der Waals surface area contributed by atoms with E-state index in [4.69, 9.17) is 46.4 Å². The highest BCUT2D eigenvalue weighted by atomic mass is 35.5. The van der Waals surface area contributed by atoms with E-state index in [0.717, 1.165) is 5.56 Å². The molecule has 0 saturated heterocycles. The van der Waals surface area contributed by atoms with Crippen molar-refractivity contribution in [3.8, 4) is 0 Å². The average molecular weight is 284 g/mol. The molecular formula is C10H6Cl4O. The van der Waals surface area contributed by atoms with Crippen molar-refractivity contribution in [2.75, 3.05) is 0 Å². The first-order chi connectivity index (χ1) is 6.93. The summed E-state index contributed by atoms with van der Waals surface area (Å²) in [4.78, 5) is 10.1. The molecule has 0 amide bonds. The van der Waals surface area contributed by atoms with Gasteiger partial charge in [0.05, 0.1) is 0 Å². The van der Waals surface area contributed by atoms with Gasteiger partial charge in [0.25, 0.3) is 0 Å². The molecule has 0 heterocycles. The fourth-order valence-corrected chi connectivity index (χ4v) is 2.65. The summed E-state index contributed by atoms with van der Waals surface area (Å²) in [6, 6.07) is 5.14. The van der Waals surface area contributed by atoms with Gasteiger partial charge in [0, 0.05) is 16.0 Å². The Bertz CT molecular complexity index is 411. The molecule has 0 spiro atoms. The smallest absolute Gasteiger partial charge is 0.243 e. The summed E-state index contributed by atoms with van der Waals surface area (Å²) in [6.45, 7) is 0. The summed E-state index contributed by atoms with van der Waals surface area (Å²) in [6.07, 6.45) is 0.535. The zero-order valence-electron chi connectivity index (χ0n) is 7.44. The van der Waals surface area contributed by atoms with Crippen LogP contribution in [0.5, 0.6) is 0 Å². The number of halogens is 4. The van der Waals surface area contributed by atoms with Crippen LogP contribution in [-0.2, 0) is 4.79 Å². The number of rotatable bonds is 2. The van der Waals surface area contributed by atoms with Gasteiger partial charge in [0.1, 0.15) is 4.87 Å². The lowest BCUT2D eigenvalue weighted by atomic mass is 10.1. The van der Waals surface area contributed by atoms with Gasteiger partial charge in [0.2, 0.25) is 5.24 Å². The van der Waals surface area contributed by atoms with Crippen LogP contribution in [0.2, 0.25) is 10.0 Å². The summed E-state index contributed by atoms with van der Waals surface area (Å²) in [5, 5.41) is 0.543. The highest BCUT2D eigenvalue weighted by Crippen LogP contribution is 2.58. The Kier molecular flexibility index (Phi) is 2.93. The Morgan fingerprint density at radius 3 is 2.20 bits per heavy atom. The fraction of sp³-hybridized carbons (Fsp3) is 0.300. The lowest BCUT2D eigenvalue weighted by Gasteiger charge is -2.04. The SMILES string of the molecule is O=C(Cl)C1(Cl)CC1c1cc(Cl)cc(Cl)c1. The molecule has 0 bridgehead atoms. The molecule has 2 atom stereocenters. The first-order valence-electron chi connectivity index (χ1n) is 4.28. The van der Waals surface area contributed by atoms with E-state index in [-0.39, 0.29) is 5.92 Å². The predicted molar refractivity (Wildman–Crippen MR) is 63.3 cm³/mol. The molecule has 0 radical (unpaired) electrons. The van der Waals surface area contributed by atoms with E-state index < -0.39 is 10.1 Å². The molecule has 15 heavy (non-hydrogen) atoms. The van der Waals surface area contributed by atoms with Crippen LogP contribution in [0.3, 0.4) is 0 Å². The second kappa shape index (κ2) is 3.81. The average Bonchev–Trinajstić information content (AvgIpc) is 2.78. The van der Waals surface area contributed by atoms with Gasteiger partial charge in [-0.2, -0.15) is 0 Å². The Balaban J connectivity index is 2.30. The van der Waals surface area contributed by atoms with Crippen LogP contribution >= 0.6 is 46.4 Å². The summed E-state index contributed by atoms with van der Waals surface area (Å²) >= 11 is 23.1. The molecule has 1 aromatic rings. The van der Waals surface area contributed by atoms with Crippen LogP contribution in [0, 0.1) is 0 Å². The predicted octanol–water partition coefficient (Wildman–Crippen LogP) is 4.22. The lowest BCUT2D eigenvalue weighted by Crippen LogP contribution is -2.11. The molecule has 1 fully saturated rings. The molecule has 1 aliphatic carbocycles. The molecule has 1 aliphatic rings. The van der Waals surface area contributed by atoms with Gasteiger partial charge in [-0.1, -0.05) is 23.2 Å². The van der Waals surface area contributed by atoms with Crippen molar-refractivity contribution in [2.24, 2.45) is 0 Å². The normalized spacial score (nSPS) is 28.9. The van der Waals surface area contributed by atoms with E-state index >= 15 is 0 Å². The highest BCUT2D eigenvalue weighted by molar-refractivity contribution is 6.71. The molecule has 80 valence electrons. The van der Waals surface area contributed by atoms with Crippen molar-refractivity contribution in [2.45, 2.75) is 17.2 Å². The first-order valence-corrected chi connectivity index (χ1v) is 5.79. The zero-order valence-corrected chi connectivity index (χ0v) is 10.5. The van der Waals surface area contributed by atoms with Gasteiger partial charge in [-0.15, -0.1) is 11.6 Å². The van der Waals surface area contributed by atoms with Crippen LogP contribution in [0.1, 0.15) is 17.9 Å². The van der Waals surface area contributed by atoms with E-state index in [1.165, 1.54) is 0 Å². The van der Waals surface area contributed by atoms with E-state index in [1.807, 2.05) is 0 Å². The van der Waals surface area contributed by atoms with Gasteiger partial charge in [-0.05, 0) is 41.8 Å². The van der Waals surface area contributed by atoms with Gasteiger partial charge < -0.3 is 0 Å². The third-order valence-electron chi connectivity index (χ3n) is 2.51. The number of hydrogen-bond donors (Lipinski definition) is 0. The second-order valence-corrected chi connectivity index (χ2v) is 5.49. The van der Waals surface area contributed by atoms with Crippen LogP contribution in [-0.4, -0.2) is 10.1 Å². The molecular weight excluding hydrogens is 278 g/mol. The molecule has 2 rings (SSSR count). The number of alkyl halides is 1. The lowest BCUT2D eigenvalue weighted by molar-refractivity contribution is -0.112. The standard InChI is InChI=1S/C10H6Cl4O/c11-6-1-5(2-7(12)3-6)8-4-10(8,14)9(13)15/h1-3,8H,4H2. The third kappa shape index (κ3) is 2.12. The number of carbonyl (C=O) groups is 1. The maximum Gasteiger partial charge on any atom is 0.243 e. The second-order valence-electron chi connectivity index (χ2n) is 3.60. The molecule has 2 unspecified atom stereocenters. The minimum Gasteiger partial charge on any atom is -0.279 e. The van der Waals surface area contributed by atoms with Crippen LogP contribution in [0.25, 0.3) is 0 Å². The Morgan fingerprint density at radius 1 is 1.27 bits per heavy atom. The molecule has 1 saturated carbocycles. The van der Waals surface area contributed by atoms with Crippen molar-refractivity contribution in [1.29, 1.82) is 0 Å². The van der Waals surface area contributed by atoms with E-state index in [1.54, 1.807) is 18.2 Å².